The molecule has 0 bridgehead atoms. The van der Waals surface area contributed by atoms with Crippen molar-refractivity contribution >= 4 is 0 Å². The molecule has 0 unspecified atom stereocenters. The van der Waals surface area contributed by atoms with Crippen molar-refractivity contribution in [2.24, 2.45) is 0 Å². The number of rotatable bonds is 8. The van der Waals surface area contributed by atoms with Gasteiger partial charge in [-0.1, -0.05) is 26.0 Å². The average Bonchev–Trinajstić information content (AvgIpc) is 2.57. The molecule has 0 fully saturated rings. The average molecular weight is 341 g/mol. The zero-order valence-corrected chi connectivity index (χ0v) is 16.0. The van der Waals surface area contributed by atoms with Crippen molar-refractivity contribution in [2.75, 3.05) is 20.5 Å². The van der Waals surface area contributed by atoms with Crippen LogP contribution in [0.15, 0.2) is 30.3 Å². The molecule has 0 aliphatic rings. The van der Waals surface area contributed by atoms with Gasteiger partial charge in [0.1, 0.15) is 11.5 Å². The summed E-state index contributed by atoms with van der Waals surface area (Å²) in [5, 5.41) is 0. The Hall–Kier alpha value is -2.00. The number of hydrogen-bond donors (Lipinski definition) is 0. The predicted octanol–water partition coefficient (Wildman–Crippen LogP) is 5.21. The van der Waals surface area contributed by atoms with E-state index in [-0.39, 0.29) is 6.79 Å². The van der Waals surface area contributed by atoms with Crippen LogP contribution in [-0.4, -0.2) is 20.5 Å². The highest BCUT2D eigenvalue weighted by atomic mass is 16.7. The lowest BCUT2D eigenvalue weighted by Crippen LogP contribution is -2.04. The summed E-state index contributed by atoms with van der Waals surface area (Å²) in [7, 11) is 1.64. The summed E-state index contributed by atoms with van der Waals surface area (Å²) >= 11 is 0. The van der Waals surface area contributed by atoms with Crippen LogP contribution in [0, 0.1) is 20.8 Å². The highest BCUT2D eigenvalue weighted by Crippen LogP contribution is 2.30. The van der Waals surface area contributed by atoms with E-state index < -0.39 is 0 Å². The van der Waals surface area contributed by atoms with Gasteiger partial charge in [-0.3, -0.25) is 0 Å². The van der Waals surface area contributed by atoms with Gasteiger partial charge in [-0.15, -0.1) is 0 Å². The number of hydrogen-bond acceptors (Lipinski definition) is 3. The highest BCUT2D eigenvalue weighted by Gasteiger charge is 2.12. The third-order valence-corrected chi connectivity index (χ3v) is 4.35. The Morgan fingerprint density at radius 2 is 1.68 bits per heavy atom. The maximum Gasteiger partial charge on any atom is 0.188 e. The normalized spacial score (nSPS) is 11.0. The van der Waals surface area contributed by atoms with Crippen LogP contribution in [0.1, 0.15) is 47.6 Å². The molecule has 25 heavy (non-hydrogen) atoms. The zero-order chi connectivity index (χ0) is 18.4. The maximum atomic E-state index is 5.70. The fourth-order valence-electron chi connectivity index (χ4n) is 3.05. The minimum atomic E-state index is 0.269. The molecule has 0 atom stereocenters. The number of aryl methyl sites for hydroxylation is 2. The van der Waals surface area contributed by atoms with Gasteiger partial charge in [0.25, 0.3) is 0 Å². The maximum absolute atomic E-state index is 5.70. The second-order valence-electron chi connectivity index (χ2n) is 6.64. The van der Waals surface area contributed by atoms with Gasteiger partial charge in [0, 0.05) is 7.11 Å². The van der Waals surface area contributed by atoms with Crippen molar-refractivity contribution in [3.8, 4) is 11.5 Å². The van der Waals surface area contributed by atoms with Crippen LogP contribution >= 0.6 is 0 Å². The molecule has 3 heteroatoms. The molecule has 0 saturated carbocycles. The zero-order valence-electron chi connectivity index (χ0n) is 16.0. The van der Waals surface area contributed by atoms with E-state index in [4.69, 9.17) is 14.2 Å². The molecule has 135 valence electrons. The summed E-state index contributed by atoms with van der Waals surface area (Å²) < 4.78 is 16.3. The third-order valence-electron chi connectivity index (χ3n) is 4.35. The van der Waals surface area contributed by atoms with Gasteiger partial charge >= 0.3 is 0 Å². The van der Waals surface area contributed by atoms with Gasteiger partial charge in [-0.25, -0.2) is 0 Å². The molecule has 2 rings (SSSR count). The summed E-state index contributed by atoms with van der Waals surface area (Å²) in [5.41, 5.74) is 6.33. The van der Waals surface area contributed by atoms with Crippen molar-refractivity contribution < 1.29 is 14.2 Å². The van der Waals surface area contributed by atoms with E-state index in [1.165, 1.54) is 27.8 Å². The van der Waals surface area contributed by atoms with E-state index in [9.17, 15) is 0 Å². The van der Waals surface area contributed by atoms with Crippen LogP contribution < -0.4 is 9.47 Å². The van der Waals surface area contributed by atoms with Crippen LogP contribution in [-0.2, 0) is 11.2 Å². The summed E-state index contributed by atoms with van der Waals surface area (Å²) in [4.78, 5) is 0. The number of ether oxygens (including phenoxy) is 3. The van der Waals surface area contributed by atoms with E-state index in [0.717, 1.165) is 17.9 Å². The Morgan fingerprint density at radius 3 is 2.24 bits per heavy atom. The lowest BCUT2D eigenvalue weighted by atomic mass is 9.93. The molecule has 0 N–H and O–H groups in total. The van der Waals surface area contributed by atoms with E-state index in [2.05, 4.69) is 65.0 Å². The van der Waals surface area contributed by atoms with E-state index in [0.29, 0.717) is 12.5 Å². The first-order valence-corrected chi connectivity index (χ1v) is 8.73. The van der Waals surface area contributed by atoms with Crippen molar-refractivity contribution in [3.63, 3.8) is 0 Å². The second-order valence-corrected chi connectivity index (χ2v) is 6.64. The minimum absolute atomic E-state index is 0.269. The molecule has 0 heterocycles. The first kappa shape index (κ1) is 19.3. The van der Waals surface area contributed by atoms with E-state index >= 15 is 0 Å². The van der Waals surface area contributed by atoms with Crippen LogP contribution in [0.5, 0.6) is 11.5 Å². The molecule has 0 saturated heterocycles. The van der Waals surface area contributed by atoms with E-state index in [1.54, 1.807) is 7.11 Å². The summed E-state index contributed by atoms with van der Waals surface area (Å²) in [5.74, 6) is 2.18. The molecule has 2 aromatic carbocycles. The van der Waals surface area contributed by atoms with Gasteiger partial charge in [0.05, 0.1) is 6.61 Å². The van der Waals surface area contributed by atoms with Crippen LogP contribution in [0.4, 0.5) is 0 Å². The molecule has 0 aliphatic carbocycles. The third kappa shape index (κ3) is 4.99. The molecule has 0 aliphatic heterocycles. The monoisotopic (exact) mass is 341 g/mol. The van der Waals surface area contributed by atoms with Crippen LogP contribution in [0.3, 0.4) is 0 Å². The van der Waals surface area contributed by atoms with Crippen molar-refractivity contribution in [3.05, 3.63) is 65.1 Å². The first-order chi connectivity index (χ1) is 12.0. The van der Waals surface area contributed by atoms with Gasteiger partial charge in [-0.2, -0.15) is 0 Å². The first-order valence-electron chi connectivity index (χ1n) is 8.73. The fourth-order valence-corrected chi connectivity index (χ4v) is 3.05. The largest absolute Gasteiger partial charge is 0.494 e. The van der Waals surface area contributed by atoms with Crippen LogP contribution in [0.25, 0.3) is 0 Å². The summed E-state index contributed by atoms with van der Waals surface area (Å²) in [6.45, 7) is 13.1. The van der Waals surface area contributed by atoms with Gasteiger partial charge in [0.2, 0.25) is 0 Å². The minimum Gasteiger partial charge on any atom is -0.494 e. The number of benzene rings is 2. The Morgan fingerprint density at radius 1 is 1.00 bits per heavy atom. The Kier molecular flexibility index (Phi) is 6.89. The quantitative estimate of drug-likeness (QED) is 0.617. The van der Waals surface area contributed by atoms with Gasteiger partial charge in [0.15, 0.2) is 6.79 Å². The molecule has 0 aromatic heterocycles. The molecule has 0 spiro atoms. The van der Waals surface area contributed by atoms with Crippen molar-refractivity contribution in [1.29, 1.82) is 0 Å². The lowest BCUT2D eigenvalue weighted by molar-refractivity contribution is 0.0502. The Bertz CT molecular complexity index is 681. The van der Waals surface area contributed by atoms with Crippen molar-refractivity contribution in [1.82, 2.24) is 0 Å². The molecular weight excluding hydrogens is 312 g/mol. The highest BCUT2D eigenvalue weighted by molar-refractivity contribution is 5.46. The van der Waals surface area contributed by atoms with Gasteiger partial charge < -0.3 is 14.2 Å². The predicted molar refractivity (Wildman–Crippen MR) is 103 cm³/mol. The second kappa shape index (κ2) is 8.91. The van der Waals surface area contributed by atoms with E-state index in [1.807, 2.05) is 0 Å². The van der Waals surface area contributed by atoms with Gasteiger partial charge in [-0.05, 0) is 79.1 Å². The summed E-state index contributed by atoms with van der Waals surface area (Å²) in [6, 6.07) is 10.6. The molecule has 0 amide bonds. The molecule has 1 radical (unpaired) electrons. The summed E-state index contributed by atoms with van der Waals surface area (Å²) in [6.07, 6.45) is 0.895. The van der Waals surface area contributed by atoms with Crippen LogP contribution in [0.2, 0.25) is 0 Å². The molecule has 2 aromatic rings. The smallest absolute Gasteiger partial charge is 0.188 e. The number of methoxy groups -OCH3 is 1. The lowest BCUT2D eigenvalue weighted by Gasteiger charge is -2.17. The fraction of sp³-hybridized carbons (Fsp3) is 0.409. The Balaban J connectivity index is 2.29. The topological polar surface area (TPSA) is 27.7 Å². The standard InChI is InChI=1S/C22H29O3/c1-7-24-19-10-16(4)21(17(5)11-19)13-18-8-9-22(25-14-23-6)20(12-18)15(2)3/h8-12,15H,1,7,13-14H2,2-6H3. The molecule has 3 nitrogen and oxygen atoms in total. The SMILES string of the molecule is [CH2]COc1cc(C)c(Cc2ccc(OCOC)c(C(C)C)c2)c(C)c1. The molecular formula is C22H29O3. The van der Waals surface area contributed by atoms with Crippen molar-refractivity contribution in [2.45, 2.75) is 40.0 Å². The Labute approximate surface area is 151 Å².